The number of nitrogens with zero attached hydrogens (tertiary/aromatic N) is 2. The van der Waals surface area contributed by atoms with Gasteiger partial charge < -0.3 is 15.3 Å². The SMILES string of the molecule is CCCNC(C)c1cccnc1N1CCC(CO)CC1. The molecule has 0 spiro atoms. The van der Waals surface area contributed by atoms with E-state index in [-0.39, 0.29) is 0 Å². The molecule has 0 amide bonds. The summed E-state index contributed by atoms with van der Waals surface area (Å²) >= 11 is 0. The van der Waals surface area contributed by atoms with E-state index in [0.717, 1.165) is 44.7 Å². The van der Waals surface area contributed by atoms with Gasteiger partial charge in [-0.2, -0.15) is 0 Å². The van der Waals surface area contributed by atoms with Gasteiger partial charge in [0.25, 0.3) is 0 Å². The molecule has 0 radical (unpaired) electrons. The maximum Gasteiger partial charge on any atom is 0.133 e. The zero-order chi connectivity index (χ0) is 14.4. The second kappa shape index (κ2) is 7.60. The minimum absolute atomic E-state index is 0.317. The minimum Gasteiger partial charge on any atom is -0.396 e. The maximum atomic E-state index is 9.24. The first-order valence-corrected chi connectivity index (χ1v) is 7.80. The van der Waals surface area contributed by atoms with Gasteiger partial charge in [-0.3, -0.25) is 0 Å². The molecule has 0 aliphatic carbocycles. The van der Waals surface area contributed by atoms with Crippen molar-refractivity contribution in [2.75, 3.05) is 31.1 Å². The van der Waals surface area contributed by atoms with Crippen molar-refractivity contribution in [1.82, 2.24) is 10.3 Å². The molecule has 4 heteroatoms. The predicted octanol–water partition coefficient (Wildman–Crippen LogP) is 2.35. The van der Waals surface area contributed by atoms with E-state index in [1.54, 1.807) is 0 Å². The number of nitrogens with one attached hydrogen (secondary N) is 1. The van der Waals surface area contributed by atoms with Crippen molar-refractivity contribution in [3.63, 3.8) is 0 Å². The molecular weight excluding hydrogens is 250 g/mol. The predicted molar refractivity (Wildman–Crippen MR) is 83.0 cm³/mol. The van der Waals surface area contributed by atoms with Crippen LogP contribution in [0, 0.1) is 5.92 Å². The van der Waals surface area contributed by atoms with Crippen LogP contribution >= 0.6 is 0 Å². The second-order valence-corrected chi connectivity index (χ2v) is 5.71. The van der Waals surface area contributed by atoms with Crippen molar-refractivity contribution >= 4 is 5.82 Å². The third-order valence-corrected chi connectivity index (χ3v) is 4.16. The molecule has 0 bridgehead atoms. The highest BCUT2D eigenvalue weighted by molar-refractivity contribution is 5.48. The topological polar surface area (TPSA) is 48.4 Å². The molecule has 0 aromatic carbocycles. The third kappa shape index (κ3) is 3.70. The number of hydrogen-bond acceptors (Lipinski definition) is 4. The van der Waals surface area contributed by atoms with Crippen LogP contribution in [-0.2, 0) is 0 Å². The van der Waals surface area contributed by atoms with Crippen LogP contribution < -0.4 is 10.2 Å². The summed E-state index contributed by atoms with van der Waals surface area (Å²) in [6.07, 6.45) is 5.14. The van der Waals surface area contributed by atoms with Gasteiger partial charge in [0, 0.05) is 37.5 Å². The number of hydrogen-bond donors (Lipinski definition) is 2. The van der Waals surface area contributed by atoms with Gasteiger partial charge >= 0.3 is 0 Å². The number of pyridine rings is 1. The van der Waals surface area contributed by atoms with E-state index in [1.165, 1.54) is 5.56 Å². The highest BCUT2D eigenvalue weighted by Gasteiger charge is 2.22. The van der Waals surface area contributed by atoms with E-state index >= 15 is 0 Å². The molecule has 2 N–H and O–H groups in total. The van der Waals surface area contributed by atoms with Crippen LogP contribution in [0.2, 0.25) is 0 Å². The van der Waals surface area contributed by atoms with Gasteiger partial charge in [-0.25, -0.2) is 4.98 Å². The van der Waals surface area contributed by atoms with Crippen LogP contribution in [0.15, 0.2) is 18.3 Å². The smallest absolute Gasteiger partial charge is 0.133 e. The van der Waals surface area contributed by atoms with E-state index in [4.69, 9.17) is 0 Å². The first-order valence-electron chi connectivity index (χ1n) is 7.80. The van der Waals surface area contributed by atoms with Crippen LogP contribution in [0.5, 0.6) is 0 Å². The van der Waals surface area contributed by atoms with Gasteiger partial charge in [0.2, 0.25) is 0 Å². The van der Waals surface area contributed by atoms with Crippen LogP contribution in [0.4, 0.5) is 5.82 Å². The largest absolute Gasteiger partial charge is 0.396 e. The van der Waals surface area contributed by atoms with Crippen LogP contribution in [0.1, 0.15) is 44.7 Å². The van der Waals surface area contributed by atoms with E-state index in [1.807, 2.05) is 12.3 Å². The van der Waals surface area contributed by atoms with E-state index in [9.17, 15) is 5.11 Å². The summed E-state index contributed by atoms with van der Waals surface area (Å²) in [5.41, 5.74) is 1.28. The summed E-state index contributed by atoms with van der Waals surface area (Å²) in [4.78, 5) is 6.97. The van der Waals surface area contributed by atoms with Crippen molar-refractivity contribution in [2.45, 2.75) is 39.2 Å². The molecule has 1 unspecified atom stereocenters. The average Bonchev–Trinajstić information content (AvgIpc) is 2.52. The van der Waals surface area contributed by atoms with Gasteiger partial charge in [-0.15, -0.1) is 0 Å². The standard InChI is InChI=1S/C16H27N3O/c1-3-8-17-13(2)15-5-4-9-18-16(15)19-10-6-14(12-20)7-11-19/h4-5,9,13-14,17,20H,3,6-8,10-12H2,1-2H3. The van der Waals surface area contributed by atoms with Crippen molar-refractivity contribution in [1.29, 1.82) is 0 Å². The fourth-order valence-electron chi connectivity index (χ4n) is 2.81. The quantitative estimate of drug-likeness (QED) is 0.838. The fourth-order valence-corrected chi connectivity index (χ4v) is 2.81. The minimum atomic E-state index is 0.317. The fraction of sp³-hybridized carbons (Fsp3) is 0.688. The van der Waals surface area contributed by atoms with Gasteiger partial charge in [0.05, 0.1) is 0 Å². The first kappa shape index (κ1) is 15.3. The van der Waals surface area contributed by atoms with Gasteiger partial charge in [0.15, 0.2) is 0 Å². The summed E-state index contributed by atoms with van der Waals surface area (Å²) in [6.45, 7) is 7.73. The number of aromatic nitrogens is 1. The molecule has 1 aliphatic heterocycles. The summed E-state index contributed by atoms with van der Waals surface area (Å²) in [5, 5.41) is 12.8. The number of rotatable bonds is 6. The molecule has 4 nitrogen and oxygen atoms in total. The van der Waals surface area contributed by atoms with E-state index in [0.29, 0.717) is 18.6 Å². The Hall–Kier alpha value is -1.13. The van der Waals surface area contributed by atoms with Crippen molar-refractivity contribution in [3.8, 4) is 0 Å². The number of aliphatic hydroxyl groups is 1. The zero-order valence-corrected chi connectivity index (χ0v) is 12.7. The molecule has 1 aromatic heterocycles. The lowest BCUT2D eigenvalue weighted by atomic mass is 9.97. The van der Waals surface area contributed by atoms with E-state index in [2.05, 4.69) is 35.1 Å². The summed E-state index contributed by atoms with van der Waals surface area (Å²) < 4.78 is 0. The normalized spacial score (nSPS) is 18.2. The van der Waals surface area contributed by atoms with Gasteiger partial charge in [0.1, 0.15) is 5.82 Å². The summed E-state index contributed by atoms with van der Waals surface area (Å²) in [6, 6.07) is 4.52. The second-order valence-electron chi connectivity index (χ2n) is 5.71. The Labute approximate surface area is 122 Å². The highest BCUT2D eigenvalue weighted by atomic mass is 16.3. The van der Waals surface area contributed by atoms with Gasteiger partial charge in [-0.05, 0) is 44.7 Å². The Balaban J connectivity index is 2.08. The van der Waals surface area contributed by atoms with Crippen LogP contribution in [0.3, 0.4) is 0 Å². The molecule has 20 heavy (non-hydrogen) atoms. The maximum absolute atomic E-state index is 9.24. The number of aliphatic hydroxyl groups excluding tert-OH is 1. The Morgan fingerprint density at radius 1 is 1.45 bits per heavy atom. The lowest BCUT2D eigenvalue weighted by Gasteiger charge is -2.34. The number of piperidine rings is 1. The monoisotopic (exact) mass is 277 g/mol. The molecule has 1 aromatic rings. The summed E-state index contributed by atoms with van der Waals surface area (Å²) in [7, 11) is 0. The molecule has 1 saturated heterocycles. The van der Waals surface area contributed by atoms with Gasteiger partial charge in [-0.1, -0.05) is 13.0 Å². The lowest BCUT2D eigenvalue weighted by molar-refractivity contribution is 0.202. The van der Waals surface area contributed by atoms with Crippen molar-refractivity contribution in [2.24, 2.45) is 5.92 Å². The Bertz CT molecular complexity index is 402. The Morgan fingerprint density at radius 2 is 2.20 bits per heavy atom. The first-order chi connectivity index (χ1) is 9.76. The van der Waals surface area contributed by atoms with E-state index < -0.39 is 0 Å². The molecular formula is C16H27N3O. The zero-order valence-electron chi connectivity index (χ0n) is 12.7. The molecule has 112 valence electrons. The van der Waals surface area contributed by atoms with Crippen LogP contribution in [0.25, 0.3) is 0 Å². The third-order valence-electron chi connectivity index (χ3n) is 4.16. The molecule has 0 saturated carbocycles. The highest BCUT2D eigenvalue weighted by Crippen LogP contribution is 2.27. The van der Waals surface area contributed by atoms with Crippen molar-refractivity contribution in [3.05, 3.63) is 23.9 Å². The molecule has 2 heterocycles. The molecule has 1 aliphatic rings. The summed E-state index contributed by atoms with van der Waals surface area (Å²) in [5.74, 6) is 1.58. The lowest BCUT2D eigenvalue weighted by Crippen LogP contribution is -2.36. The van der Waals surface area contributed by atoms with Crippen molar-refractivity contribution < 1.29 is 5.11 Å². The Morgan fingerprint density at radius 3 is 2.85 bits per heavy atom. The average molecular weight is 277 g/mol. The molecule has 1 atom stereocenters. The molecule has 1 fully saturated rings. The Kier molecular flexibility index (Phi) is 5.80. The van der Waals surface area contributed by atoms with Crippen LogP contribution in [-0.4, -0.2) is 36.3 Å². The number of anilines is 1. The molecule has 2 rings (SSSR count).